The molecule has 0 unspecified atom stereocenters. The molecule has 0 aliphatic carbocycles. The zero-order valence-electron chi connectivity index (χ0n) is 9.08. The molecule has 16 heavy (non-hydrogen) atoms. The van der Waals surface area contributed by atoms with Gasteiger partial charge in [-0.15, -0.1) is 0 Å². The van der Waals surface area contributed by atoms with Gasteiger partial charge in [0.1, 0.15) is 5.69 Å². The van der Waals surface area contributed by atoms with Crippen LogP contribution in [0.1, 0.15) is 28.0 Å². The number of rotatable bonds is 3. The molecule has 88 valence electrons. The Hall–Kier alpha value is -1.72. The first-order chi connectivity index (χ1) is 7.51. The minimum Gasteiger partial charge on any atom is -0.481 e. The van der Waals surface area contributed by atoms with E-state index in [1.807, 2.05) is 0 Å². The Balaban J connectivity index is 3.37. The van der Waals surface area contributed by atoms with Crippen molar-refractivity contribution in [2.75, 3.05) is 14.2 Å². The minimum absolute atomic E-state index is 0.0321. The second kappa shape index (κ2) is 4.87. The second-order valence-electron chi connectivity index (χ2n) is 3.01. The molecule has 0 aliphatic heterocycles. The van der Waals surface area contributed by atoms with E-state index in [2.05, 4.69) is 9.72 Å². The highest BCUT2D eigenvalue weighted by molar-refractivity contribution is 5.91. The van der Waals surface area contributed by atoms with Crippen molar-refractivity contribution in [3.63, 3.8) is 0 Å². The molecular weight excluding hydrogens is 220 g/mol. The number of pyridine rings is 1. The first-order valence-corrected chi connectivity index (χ1v) is 4.43. The van der Waals surface area contributed by atoms with Crippen LogP contribution in [0, 0.1) is 6.92 Å². The minimum atomic E-state index is -2.77. The molecule has 0 saturated heterocycles. The fourth-order valence-electron chi connectivity index (χ4n) is 1.24. The quantitative estimate of drug-likeness (QED) is 0.747. The van der Waals surface area contributed by atoms with Crippen molar-refractivity contribution in [1.82, 2.24) is 4.98 Å². The van der Waals surface area contributed by atoms with Gasteiger partial charge in [-0.2, -0.15) is 0 Å². The van der Waals surface area contributed by atoms with Crippen molar-refractivity contribution in [2.24, 2.45) is 0 Å². The van der Waals surface area contributed by atoms with Gasteiger partial charge in [-0.3, -0.25) is 0 Å². The van der Waals surface area contributed by atoms with Gasteiger partial charge in [0.15, 0.2) is 0 Å². The number of halogens is 2. The lowest BCUT2D eigenvalue weighted by Crippen LogP contribution is -2.09. The highest BCUT2D eigenvalue weighted by Crippen LogP contribution is 2.26. The average Bonchev–Trinajstić information content (AvgIpc) is 2.28. The van der Waals surface area contributed by atoms with Crippen LogP contribution in [-0.2, 0) is 4.74 Å². The second-order valence-corrected chi connectivity index (χ2v) is 3.01. The van der Waals surface area contributed by atoms with Gasteiger partial charge in [0.25, 0.3) is 6.43 Å². The average molecular weight is 231 g/mol. The van der Waals surface area contributed by atoms with Crippen molar-refractivity contribution < 1.29 is 23.0 Å². The molecule has 0 radical (unpaired) electrons. The van der Waals surface area contributed by atoms with Gasteiger partial charge < -0.3 is 9.47 Å². The third-order valence-corrected chi connectivity index (χ3v) is 2.11. The van der Waals surface area contributed by atoms with Crippen LogP contribution < -0.4 is 4.74 Å². The molecule has 0 fully saturated rings. The zero-order valence-corrected chi connectivity index (χ0v) is 9.08. The number of carbonyl (C=O) groups excluding carboxylic acids is 1. The molecule has 1 heterocycles. The third-order valence-electron chi connectivity index (χ3n) is 2.11. The van der Waals surface area contributed by atoms with Gasteiger partial charge in [0, 0.05) is 6.07 Å². The van der Waals surface area contributed by atoms with E-state index in [1.165, 1.54) is 27.2 Å². The molecule has 6 heteroatoms. The highest BCUT2D eigenvalue weighted by atomic mass is 19.3. The smallest absolute Gasteiger partial charge is 0.338 e. The number of aromatic nitrogens is 1. The summed E-state index contributed by atoms with van der Waals surface area (Å²) in [5, 5.41) is 0. The van der Waals surface area contributed by atoms with E-state index in [0.717, 1.165) is 0 Å². The van der Waals surface area contributed by atoms with Crippen LogP contribution in [0.25, 0.3) is 0 Å². The van der Waals surface area contributed by atoms with Crippen LogP contribution in [-0.4, -0.2) is 25.2 Å². The molecule has 1 aromatic heterocycles. The van der Waals surface area contributed by atoms with E-state index in [9.17, 15) is 13.6 Å². The number of carbonyl (C=O) groups is 1. The highest BCUT2D eigenvalue weighted by Gasteiger charge is 2.21. The molecule has 0 atom stereocenters. The Morgan fingerprint density at radius 2 is 2.06 bits per heavy atom. The number of hydrogen-bond donors (Lipinski definition) is 0. The third kappa shape index (κ3) is 2.26. The standard InChI is InChI=1S/C10H11F2NO3/c1-5-6(10(14)16-3)4-7(15-2)13-8(5)9(11)12/h4,9H,1-3H3. The van der Waals surface area contributed by atoms with E-state index in [1.54, 1.807) is 0 Å². The van der Waals surface area contributed by atoms with Gasteiger partial charge in [-0.25, -0.2) is 18.6 Å². The van der Waals surface area contributed by atoms with Crippen molar-refractivity contribution in [3.8, 4) is 5.88 Å². The largest absolute Gasteiger partial charge is 0.481 e. The van der Waals surface area contributed by atoms with Crippen molar-refractivity contribution >= 4 is 5.97 Å². The van der Waals surface area contributed by atoms with Gasteiger partial charge in [0.2, 0.25) is 5.88 Å². The molecule has 0 spiro atoms. The summed E-state index contributed by atoms with van der Waals surface area (Å²) in [5.41, 5.74) is -0.341. The van der Waals surface area contributed by atoms with Gasteiger partial charge in [-0.05, 0) is 12.5 Å². The van der Waals surface area contributed by atoms with Gasteiger partial charge in [-0.1, -0.05) is 0 Å². The van der Waals surface area contributed by atoms with E-state index >= 15 is 0 Å². The molecule has 0 N–H and O–H groups in total. The Bertz CT molecular complexity index is 407. The molecule has 4 nitrogen and oxygen atoms in total. The lowest BCUT2D eigenvalue weighted by molar-refractivity contribution is 0.0598. The van der Waals surface area contributed by atoms with E-state index < -0.39 is 18.1 Å². The monoisotopic (exact) mass is 231 g/mol. The summed E-state index contributed by atoms with van der Waals surface area (Å²) < 4.78 is 34.5. The number of ether oxygens (including phenoxy) is 2. The van der Waals surface area contributed by atoms with Crippen LogP contribution in [0.3, 0.4) is 0 Å². The summed E-state index contributed by atoms with van der Waals surface area (Å²) in [6.45, 7) is 1.39. The van der Waals surface area contributed by atoms with Crippen molar-refractivity contribution in [3.05, 3.63) is 22.9 Å². The van der Waals surface area contributed by atoms with Crippen LogP contribution in [0.5, 0.6) is 5.88 Å². The fraction of sp³-hybridized carbons (Fsp3) is 0.400. The van der Waals surface area contributed by atoms with E-state index in [0.29, 0.717) is 0 Å². The van der Waals surface area contributed by atoms with Gasteiger partial charge in [0.05, 0.1) is 19.8 Å². The molecule has 0 aromatic carbocycles. The predicted octanol–water partition coefficient (Wildman–Crippen LogP) is 2.12. The summed E-state index contributed by atoms with van der Waals surface area (Å²) in [7, 11) is 2.46. The number of hydrogen-bond acceptors (Lipinski definition) is 4. The number of nitrogens with zero attached hydrogens (tertiary/aromatic N) is 1. The maximum Gasteiger partial charge on any atom is 0.338 e. The maximum atomic E-state index is 12.6. The van der Waals surface area contributed by atoms with Crippen LogP contribution in [0.4, 0.5) is 8.78 Å². The lowest BCUT2D eigenvalue weighted by atomic mass is 10.1. The van der Waals surface area contributed by atoms with Crippen molar-refractivity contribution in [1.29, 1.82) is 0 Å². The first kappa shape index (κ1) is 12.4. The maximum absolute atomic E-state index is 12.6. The van der Waals surface area contributed by atoms with Crippen LogP contribution in [0.15, 0.2) is 6.07 Å². The summed E-state index contributed by atoms with van der Waals surface area (Å²) in [6.07, 6.45) is -2.77. The first-order valence-electron chi connectivity index (χ1n) is 4.43. The number of esters is 1. The molecule has 0 saturated carbocycles. The zero-order chi connectivity index (χ0) is 12.3. The molecule has 1 rings (SSSR count). The predicted molar refractivity (Wildman–Crippen MR) is 51.8 cm³/mol. The lowest BCUT2D eigenvalue weighted by Gasteiger charge is -2.10. The normalized spacial score (nSPS) is 10.4. The Morgan fingerprint density at radius 1 is 1.44 bits per heavy atom. The molecule has 0 aliphatic rings. The SMILES string of the molecule is COC(=O)c1cc(OC)nc(C(F)F)c1C. The molecular formula is C10H11F2NO3. The Kier molecular flexibility index (Phi) is 3.76. The number of alkyl halides is 2. The molecule has 0 bridgehead atoms. The Labute approximate surface area is 91.2 Å². The summed E-state index contributed by atoms with van der Waals surface area (Å²) in [5.74, 6) is -0.735. The van der Waals surface area contributed by atoms with Crippen LogP contribution in [0.2, 0.25) is 0 Å². The molecule has 1 aromatic rings. The summed E-state index contributed by atoms with van der Waals surface area (Å²) >= 11 is 0. The van der Waals surface area contributed by atoms with Crippen molar-refractivity contribution in [2.45, 2.75) is 13.3 Å². The van der Waals surface area contributed by atoms with Crippen LogP contribution >= 0.6 is 0 Å². The molecule has 0 amide bonds. The van der Waals surface area contributed by atoms with Gasteiger partial charge >= 0.3 is 5.97 Å². The Morgan fingerprint density at radius 3 is 2.50 bits per heavy atom. The van der Waals surface area contributed by atoms with E-state index in [-0.39, 0.29) is 17.0 Å². The fourth-order valence-corrected chi connectivity index (χ4v) is 1.24. The summed E-state index contributed by atoms with van der Waals surface area (Å²) in [6, 6.07) is 1.27. The van der Waals surface area contributed by atoms with E-state index in [4.69, 9.17) is 4.74 Å². The number of methoxy groups -OCH3 is 2. The summed E-state index contributed by atoms with van der Waals surface area (Å²) in [4.78, 5) is 14.9. The topological polar surface area (TPSA) is 48.4 Å².